The Hall–Kier alpha value is -4.96. The zero-order valence-corrected chi connectivity index (χ0v) is 23.2. The molecule has 0 bridgehead atoms. The number of amides is 4. The van der Waals surface area contributed by atoms with Gasteiger partial charge >= 0.3 is 22.3 Å². The average Bonchev–Trinajstić information content (AvgIpc) is 3.30. The van der Waals surface area contributed by atoms with Gasteiger partial charge in [0.15, 0.2) is 16.6 Å². The van der Waals surface area contributed by atoms with Gasteiger partial charge in [0.05, 0.1) is 24.5 Å². The number of urea groups is 1. The lowest BCUT2D eigenvalue weighted by molar-refractivity contribution is -0.161. The van der Waals surface area contributed by atoms with Gasteiger partial charge in [0.1, 0.15) is 11.7 Å². The van der Waals surface area contributed by atoms with Crippen LogP contribution in [0.15, 0.2) is 27.6 Å². The van der Waals surface area contributed by atoms with Crippen molar-refractivity contribution in [1.82, 2.24) is 30.0 Å². The summed E-state index contributed by atoms with van der Waals surface area (Å²) in [6, 6.07) is -3.35. The Kier molecular flexibility index (Phi) is 8.93. The summed E-state index contributed by atoms with van der Waals surface area (Å²) in [5.74, 6) is -4.63. The fourth-order valence-electron chi connectivity index (χ4n) is 3.29. The number of thiazole rings is 1. The highest BCUT2D eigenvalue weighted by Gasteiger charge is 2.54. The summed E-state index contributed by atoms with van der Waals surface area (Å²) in [7, 11) is -5.14. The lowest BCUT2D eigenvalue weighted by atomic mass is 9.98. The van der Waals surface area contributed by atoms with Gasteiger partial charge in [0.2, 0.25) is 11.0 Å². The number of carbonyl (C=O) groups is 4. The number of carbonyl (C=O) groups excluding carboxylic acids is 3. The number of pyridine rings is 1. The second-order valence-electron chi connectivity index (χ2n) is 8.97. The van der Waals surface area contributed by atoms with E-state index in [1.54, 1.807) is 0 Å². The van der Waals surface area contributed by atoms with Crippen LogP contribution >= 0.6 is 11.3 Å². The van der Waals surface area contributed by atoms with Gasteiger partial charge in [-0.05, 0) is 13.8 Å². The van der Waals surface area contributed by atoms with Gasteiger partial charge in [-0.3, -0.25) is 18.9 Å². The molecule has 9 N–H and O–H groups in total. The van der Waals surface area contributed by atoms with Crippen molar-refractivity contribution < 1.29 is 52.4 Å². The largest absolute Gasteiger partial charge is 0.503 e. The molecule has 42 heavy (non-hydrogen) atoms. The fourth-order valence-corrected chi connectivity index (χ4v) is 4.71. The van der Waals surface area contributed by atoms with Crippen LogP contribution in [0.4, 0.5) is 9.93 Å². The van der Waals surface area contributed by atoms with Crippen molar-refractivity contribution in [2.24, 2.45) is 5.16 Å². The number of rotatable bonds is 11. The topological polar surface area (TPSA) is 305 Å². The van der Waals surface area contributed by atoms with E-state index < -0.39 is 81.8 Å². The molecule has 2 aromatic heterocycles. The monoisotopic (exact) mass is 632 g/mol. The first kappa shape index (κ1) is 31.6. The molecule has 2 atom stereocenters. The predicted octanol–water partition coefficient (Wildman–Crippen LogP) is -2.59. The third-order valence-electron chi connectivity index (χ3n) is 5.56. The Morgan fingerprint density at radius 2 is 1.93 bits per heavy atom. The summed E-state index contributed by atoms with van der Waals surface area (Å²) in [5.41, 5.74) is 1.93. The van der Waals surface area contributed by atoms with E-state index >= 15 is 0 Å². The van der Waals surface area contributed by atoms with Gasteiger partial charge in [-0.15, -0.1) is 11.3 Å². The molecule has 2 unspecified atom stereocenters. The molecule has 20 nitrogen and oxygen atoms in total. The number of oxime groups is 1. The molecule has 3 heterocycles. The van der Waals surface area contributed by atoms with Crippen molar-refractivity contribution >= 4 is 56.3 Å². The quantitative estimate of drug-likeness (QED) is 0.0415. The van der Waals surface area contributed by atoms with Gasteiger partial charge in [0, 0.05) is 18.0 Å². The smallest absolute Gasteiger partial charge is 0.362 e. The van der Waals surface area contributed by atoms with Gasteiger partial charge in [0.25, 0.3) is 11.8 Å². The molecule has 4 amide bonds. The van der Waals surface area contributed by atoms with Crippen LogP contribution in [0.2, 0.25) is 0 Å². The number of hydrogen-bond donors (Lipinski definition) is 8. The van der Waals surface area contributed by atoms with Crippen molar-refractivity contribution in [2.75, 3.05) is 12.3 Å². The summed E-state index contributed by atoms with van der Waals surface area (Å²) >= 11 is 0.895. The molecule has 0 spiro atoms. The summed E-state index contributed by atoms with van der Waals surface area (Å²) < 4.78 is 33.4. The van der Waals surface area contributed by atoms with E-state index in [0.717, 1.165) is 31.3 Å². The second kappa shape index (κ2) is 11.9. The maximum Gasteiger partial charge on any atom is 0.362 e. The van der Waals surface area contributed by atoms with Crippen LogP contribution in [-0.2, 0) is 36.1 Å². The first-order chi connectivity index (χ1) is 19.4. The Bertz CT molecular complexity index is 1620. The maximum atomic E-state index is 13.1. The number of carboxylic acids is 1. The molecular formula is C20H24N8O12S2. The fraction of sp³-hybridized carbons (Fsp3) is 0.350. The summed E-state index contributed by atoms with van der Waals surface area (Å²) in [6.07, 6.45) is 0.694. The zero-order valence-electron chi connectivity index (χ0n) is 21.5. The minimum Gasteiger partial charge on any atom is -0.503 e. The minimum atomic E-state index is -5.14. The number of nitrogen functional groups attached to an aromatic ring is 1. The van der Waals surface area contributed by atoms with Crippen LogP contribution in [0.1, 0.15) is 25.2 Å². The van der Waals surface area contributed by atoms with Gasteiger partial charge in [-0.25, -0.2) is 18.9 Å². The maximum absolute atomic E-state index is 13.1. The first-order valence-electron chi connectivity index (χ1n) is 11.4. The third kappa shape index (κ3) is 7.02. The SMILES string of the molecule is CC(C)(ON=C(C(=O)NC1C(=O)N(S(=O)(=O)O)C1CNC(=O)NCc1cc(=O)c(O)cn1O)c1csc(N)n1)C(=O)O. The highest BCUT2D eigenvalue weighted by molar-refractivity contribution is 7.84. The van der Waals surface area contributed by atoms with Crippen molar-refractivity contribution in [3.05, 3.63) is 39.3 Å². The van der Waals surface area contributed by atoms with Crippen LogP contribution < -0.4 is 27.1 Å². The van der Waals surface area contributed by atoms with Gasteiger partial charge in [-0.1, -0.05) is 5.16 Å². The van der Waals surface area contributed by atoms with Gasteiger partial charge in [-0.2, -0.15) is 13.1 Å². The van der Waals surface area contributed by atoms with E-state index in [4.69, 9.17) is 10.6 Å². The number of nitrogens with zero attached hydrogens (tertiary/aromatic N) is 4. The number of aromatic nitrogens is 2. The number of aromatic hydroxyl groups is 1. The van der Waals surface area contributed by atoms with Crippen molar-refractivity contribution in [2.45, 2.75) is 38.1 Å². The number of anilines is 1. The van der Waals surface area contributed by atoms with E-state index in [-0.39, 0.29) is 20.8 Å². The highest BCUT2D eigenvalue weighted by Crippen LogP contribution is 2.24. The van der Waals surface area contributed by atoms with Gasteiger partial charge < -0.3 is 41.9 Å². The summed E-state index contributed by atoms with van der Waals surface area (Å²) in [4.78, 5) is 69.6. The number of β-lactam (4-membered cyclic amide) rings is 1. The van der Waals surface area contributed by atoms with E-state index in [0.29, 0.717) is 10.9 Å². The Morgan fingerprint density at radius 3 is 2.50 bits per heavy atom. The lowest BCUT2D eigenvalue weighted by Gasteiger charge is -2.44. The van der Waals surface area contributed by atoms with Crippen molar-refractivity contribution in [1.29, 1.82) is 0 Å². The standard InChI is InChI=1S/C20H24N8O12S2/c1-20(2,17(33)34)40-26-13(9-7-41-18(21)24-9)15(31)25-14-10(28(16(14)32)42(37,38)39)5-23-19(35)22-4-8-3-11(29)12(30)6-27(8)36/h3,6-7,10,14,30,36H,4-5H2,1-2H3,(H2,21,24)(H,25,31)(H,33,34)(H2,22,23,35)(H,37,38,39). The molecule has 0 aromatic carbocycles. The molecule has 1 aliphatic heterocycles. The van der Waals surface area contributed by atoms with Crippen LogP contribution in [0.5, 0.6) is 5.75 Å². The van der Waals surface area contributed by atoms with E-state index in [1.165, 1.54) is 5.38 Å². The molecule has 22 heteroatoms. The number of nitrogens with two attached hydrogens (primary N) is 1. The molecule has 1 fully saturated rings. The second-order valence-corrected chi connectivity index (χ2v) is 11.1. The highest BCUT2D eigenvalue weighted by atomic mass is 32.2. The number of aliphatic carboxylic acids is 1. The molecule has 0 saturated carbocycles. The normalized spacial score (nSPS) is 17.3. The number of nitrogens with one attached hydrogen (secondary N) is 3. The van der Waals surface area contributed by atoms with Crippen molar-refractivity contribution in [3.8, 4) is 5.75 Å². The zero-order chi connectivity index (χ0) is 31.6. The van der Waals surface area contributed by atoms with E-state index in [9.17, 15) is 52.4 Å². The lowest BCUT2D eigenvalue weighted by Crippen LogP contribution is -2.74. The summed E-state index contributed by atoms with van der Waals surface area (Å²) in [6.45, 7) is 1.18. The molecule has 0 radical (unpaired) electrons. The van der Waals surface area contributed by atoms with E-state index in [1.807, 2.05) is 0 Å². The van der Waals surface area contributed by atoms with Crippen LogP contribution in [-0.4, -0.2) is 96.2 Å². The molecule has 0 aliphatic carbocycles. The van der Waals surface area contributed by atoms with Crippen LogP contribution in [0.3, 0.4) is 0 Å². The Balaban J connectivity index is 1.76. The first-order valence-corrected chi connectivity index (χ1v) is 13.7. The molecule has 3 rings (SSSR count). The molecule has 2 aromatic rings. The number of carboxylic acid groups (broad SMARTS) is 1. The van der Waals surface area contributed by atoms with Crippen molar-refractivity contribution in [3.63, 3.8) is 0 Å². The molecular weight excluding hydrogens is 608 g/mol. The summed E-state index contributed by atoms with van der Waals surface area (Å²) in [5, 5.41) is 39.7. The Labute approximate surface area is 239 Å². The Morgan fingerprint density at radius 1 is 1.26 bits per heavy atom. The van der Waals surface area contributed by atoms with E-state index in [2.05, 4.69) is 26.1 Å². The molecule has 1 aliphatic rings. The average molecular weight is 633 g/mol. The third-order valence-corrected chi connectivity index (χ3v) is 7.18. The molecule has 1 saturated heterocycles. The predicted molar refractivity (Wildman–Crippen MR) is 140 cm³/mol. The number of hydrogen-bond acceptors (Lipinski definition) is 14. The van der Waals surface area contributed by atoms with Crippen LogP contribution in [0.25, 0.3) is 0 Å². The molecule has 228 valence electrons. The van der Waals surface area contributed by atoms with Crippen LogP contribution in [0, 0.1) is 0 Å². The minimum absolute atomic E-state index is 0.00106.